The van der Waals surface area contributed by atoms with E-state index in [4.69, 9.17) is 4.74 Å². The molecule has 0 spiro atoms. The molecule has 2 unspecified atom stereocenters. The molecule has 3 aromatic rings. The molecular weight excluding hydrogens is 529 g/mol. The summed E-state index contributed by atoms with van der Waals surface area (Å²) in [5, 5.41) is 5.54. The zero-order valence-corrected chi connectivity index (χ0v) is 22.4. The summed E-state index contributed by atoms with van der Waals surface area (Å²) in [4.78, 5) is 41.0. The molecule has 214 valence electrons. The first-order valence-corrected chi connectivity index (χ1v) is 12.8. The van der Waals surface area contributed by atoms with Crippen LogP contribution in [-0.4, -0.2) is 74.8 Å². The number of aromatic nitrogens is 4. The molecule has 1 aliphatic rings. The Labute approximate surface area is 229 Å². The van der Waals surface area contributed by atoms with Crippen molar-refractivity contribution in [1.29, 1.82) is 0 Å². The molecule has 0 aliphatic carbocycles. The third-order valence-electron chi connectivity index (χ3n) is 6.20. The zero-order valence-electron chi connectivity index (χ0n) is 22.4. The third kappa shape index (κ3) is 6.98. The topological polar surface area (TPSA) is 118 Å². The van der Waals surface area contributed by atoms with Crippen LogP contribution in [0.15, 0.2) is 49.1 Å². The molecule has 2 N–H and O–H groups in total. The number of rotatable bonds is 8. The molecule has 11 nitrogen and oxygen atoms in total. The number of imidazole rings is 1. The van der Waals surface area contributed by atoms with Gasteiger partial charge in [-0.15, -0.1) is 0 Å². The Morgan fingerprint density at radius 2 is 1.93 bits per heavy atom. The van der Waals surface area contributed by atoms with Crippen molar-refractivity contribution in [2.24, 2.45) is 0 Å². The summed E-state index contributed by atoms with van der Waals surface area (Å²) in [5.41, 5.74) is -0.124. The van der Waals surface area contributed by atoms with Gasteiger partial charge in [-0.25, -0.2) is 14.8 Å². The second kappa shape index (κ2) is 12.2. The van der Waals surface area contributed by atoms with Crippen LogP contribution in [0.3, 0.4) is 0 Å². The van der Waals surface area contributed by atoms with Crippen LogP contribution in [0.5, 0.6) is 5.75 Å². The summed E-state index contributed by atoms with van der Waals surface area (Å²) in [5.74, 6) is -0.355. The van der Waals surface area contributed by atoms with Crippen LogP contribution in [0.4, 0.5) is 23.8 Å². The number of carbonyl (C=O) groups is 2. The molecule has 3 heterocycles. The first kappa shape index (κ1) is 28.6. The average Bonchev–Trinajstić information content (AvgIpc) is 3.47. The molecule has 1 saturated heterocycles. The Hall–Kier alpha value is -4.36. The van der Waals surface area contributed by atoms with Crippen molar-refractivity contribution < 1.29 is 27.5 Å². The van der Waals surface area contributed by atoms with E-state index in [0.717, 1.165) is 18.1 Å². The van der Waals surface area contributed by atoms with E-state index in [9.17, 15) is 22.8 Å². The quantitative estimate of drug-likeness (QED) is 0.407. The highest BCUT2D eigenvalue weighted by Crippen LogP contribution is 2.31. The number of alkyl halides is 3. The van der Waals surface area contributed by atoms with Crippen LogP contribution in [0.2, 0.25) is 0 Å². The fourth-order valence-corrected chi connectivity index (χ4v) is 4.16. The highest BCUT2D eigenvalue weighted by Gasteiger charge is 2.39. The lowest BCUT2D eigenvalue weighted by Crippen LogP contribution is -2.62. The lowest BCUT2D eigenvalue weighted by molar-refractivity contribution is -0.141. The van der Waals surface area contributed by atoms with Gasteiger partial charge in [-0.1, -0.05) is 24.6 Å². The first-order valence-electron chi connectivity index (χ1n) is 12.8. The van der Waals surface area contributed by atoms with Gasteiger partial charge in [0.05, 0.1) is 6.54 Å². The molecule has 1 aromatic carbocycles. The molecule has 3 amide bonds. The lowest BCUT2D eigenvalue weighted by atomic mass is 10.1. The molecule has 14 heteroatoms. The largest absolute Gasteiger partial charge is 0.471 e. The normalized spacial score (nSPS) is 16.4. The zero-order chi connectivity index (χ0) is 28.9. The van der Waals surface area contributed by atoms with E-state index >= 15 is 0 Å². The van der Waals surface area contributed by atoms with Gasteiger partial charge in [0.25, 0.3) is 0 Å². The minimum absolute atomic E-state index is 0.0580. The van der Waals surface area contributed by atoms with E-state index in [1.807, 2.05) is 26.0 Å². The van der Waals surface area contributed by atoms with Crippen LogP contribution >= 0.6 is 0 Å². The van der Waals surface area contributed by atoms with Crippen molar-refractivity contribution in [3.8, 4) is 11.7 Å². The van der Waals surface area contributed by atoms with Gasteiger partial charge in [-0.05, 0) is 32.4 Å². The Balaban J connectivity index is 1.63. The van der Waals surface area contributed by atoms with Crippen molar-refractivity contribution in [2.75, 3.05) is 31.1 Å². The fourth-order valence-electron chi connectivity index (χ4n) is 4.16. The average molecular weight is 561 g/mol. The van der Waals surface area contributed by atoms with E-state index in [2.05, 4.69) is 25.6 Å². The van der Waals surface area contributed by atoms with Gasteiger partial charge in [0, 0.05) is 38.1 Å². The van der Waals surface area contributed by atoms with Crippen molar-refractivity contribution >= 4 is 17.8 Å². The van der Waals surface area contributed by atoms with Crippen molar-refractivity contribution in [3.63, 3.8) is 0 Å². The summed E-state index contributed by atoms with van der Waals surface area (Å²) in [6.45, 7) is 6.08. The van der Waals surface area contributed by atoms with Gasteiger partial charge in [-0.2, -0.15) is 18.2 Å². The Morgan fingerprint density at radius 3 is 2.58 bits per heavy atom. The van der Waals surface area contributed by atoms with Gasteiger partial charge >= 0.3 is 12.2 Å². The van der Waals surface area contributed by atoms with Crippen molar-refractivity contribution in [1.82, 2.24) is 35.1 Å². The van der Waals surface area contributed by atoms with Gasteiger partial charge in [0.1, 0.15) is 23.9 Å². The van der Waals surface area contributed by atoms with Crippen LogP contribution in [0.1, 0.15) is 31.5 Å². The highest BCUT2D eigenvalue weighted by atomic mass is 19.4. The van der Waals surface area contributed by atoms with Gasteiger partial charge in [-0.3, -0.25) is 9.36 Å². The van der Waals surface area contributed by atoms with Crippen molar-refractivity contribution in [3.05, 3.63) is 60.3 Å². The number of anilines is 1. The van der Waals surface area contributed by atoms with E-state index < -0.39 is 30.0 Å². The van der Waals surface area contributed by atoms with E-state index in [0.29, 0.717) is 12.3 Å². The van der Waals surface area contributed by atoms with Crippen LogP contribution in [-0.2, 0) is 11.0 Å². The number of amides is 3. The van der Waals surface area contributed by atoms with Crippen LogP contribution in [0, 0.1) is 6.92 Å². The summed E-state index contributed by atoms with van der Waals surface area (Å²) in [7, 11) is 0. The number of nitrogens with zero attached hydrogens (tertiary/aromatic N) is 6. The molecule has 2 aromatic heterocycles. The summed E-state index contributed by atoms with van der Waals surface area (Å²) < 4.78 is 48.5. The molecule has 0 bridgehead atoms. The third-order valence-corrected chi connectivity index (χ3v) is 6.20. The van der Waals surface area contributed by atoms with E-state index in [-0.39, 0.29) is 37.4 Å². The fraction of sp³-hybridized carbons (Fsp3) is 0.423. The maximum absolute atomic E-state index is 13.8. The molecule has 2 atom stereocenters. The van der Waals surface area contributed by atoms with Crippen LogP contribution < -0.4 is 20.3 Å². The number of aryl methyl sites for hydroxylation is 1. The van der Waals surface area contributed by atoms with Crippen LogP contribution in [0.25, 0.3) is 5.95 Å². The number of piperazine rings is 1. The summed E-state index contributed by atoms with van der Waals surface area (Å²) in [6.07, 6.45) is -0.709. The maximum Gasteiger partial charge on any atom is 0.433 e. The SMILES string of the molecule is CCCNC(=O)N1CCN(c2cc(C(F)(F)F)nc(-n3ccnc3)n2)C(C(=O)NC(C)Oc2ccc(C)cc2)C1. The highest BCUT2D eigenvalue weighted by molar-refractivity contribution is 5.87. The maximum atomic E-state index is 13.8. The second-order valence-corrected chi connectivity index (χ2v) is 9.35. The molecule has 1 fully saturated rings. The Morgan fingerprint density at radius 1 is 1.18 bits per heavy atom. The number of carbonyl (C=O) groups excluding carboxylic acids is 2. The van der Waals surface area contributed by atoms with E-state index in [1.165, 1.54) is 33.1 Å². The summed E-state index contributed by atoms with van der Waals surface area (Å²) >= 11 is 0. The van der Waals surface area contributed by atoms with Crippen molar-refractivity contribution in [2.45, 2.75) is 45.6 Å². The molecule has 0 radical (unpaired) electrons. The number of benzene rings is 1. The predicted octanol–water partition coefficient (Wildman–Crippen LogP) is 3.14. The molecule has 40 heavy (non-hydrogen) atoms. The minimum Gasteiger partial charge on any atom is -0.471 e. The number of nitrogens with one attached hydrogen (secondary N) is 2. The van der Waals surface area contributed by atoms with Gasteiger partial charge in [0.15, 0.2) is 11.9 Å². The number of ether oxygens (including phenoxy) is 1. The molecule has 4 rings (SSSR count). The van der Waals surface area contributed by atoms with Gasteiger partial charge < -0.3 is 25.2 Å². The number of hydrogen-bond donors (Lipinski definition) is 2. The number of urea groups is 1. The molecular formula is C26H31F3N8O3. The standard InChI is InChI=1S/C26H31F3N8O3/c1-4-9-31-25(39)35-12-13-37(20(15-35)23(38)32-18(3)40-19-7-5-17(2)6-8-19)22-14-21(26(27,28)29)33-24(34-22)36-11-10-30-16-36/h5-8,10-11,14,16,18,20H,4,9,12-13,15H2,1-3H3,(H,31,39)(H,32,38). The molecule has 0 saturated carbocycles. The minimum atomic E-state index is -4.76. The predicted molar refractivity (Wildman–Crippen MR) is 140 cm³/mol. The van der Waals surface area contributed by atoms with E-state index in [1.54, 1.807) is 19.1 Å². The Kier molecular flexibility index (Phi) is 8.75. The molecule has 1 aliphatic heterocycles. The Bertz CT molecular complexity index is 1300. The summed E-state index contributed by atoms with van der Waals surface area (Å²) in [6, 6.07) is 6.65. The smallest absolute Gasteiger partial charge is 0.433 e. The monoisotopic (exact) mass is 560 g/mol. The number of hydrogen-bond acceptors (Lipinski definition) is 7. The first-order chi connectivity index (χ1) is 19.0. The number of halogens is 3. The lowest BCUT2D eigenvalue weighted by Gasteiger charge is -2.41. The second-order valence-electron chi connectivity index (χ2n) is 9.35. The van der Waals surface area contributed by atoms with Gasteiger partial charge in [0.2, 0.25) is 11.9 Å².